The Kier molecular flexibility index (Phi) is 7.83. The number of rotatable bonds is 8. The van der Waals surface area contributed by atoms with Gasteiger partial charge in [-0.15, -0.1) is 0 Å². The minimum atomic E-state index is -3.47. The van der Waals surface area contributed by atoms with Gasteiger partial charge in [-0.3, -0.25) is 4.98 Å². The molecule has 0 saturated carbocycles. The number of anilines is 1. The summed E-state index contributed by atoms with van der Waals surface area (Å²) in [6.45, 7) is 4.65. The van der Waals surface area contributed by atoms with Crippen molar-refractivity contribution in [2.45, 2.75) is 32.7 Å². The lowest BCUT2D eigenvalue weighted by atomic mass is 10.3. The number of carbonyl (C=O) groups excluding carboxylic acids is 1. The van der Waals surface area contributed by atoms with Crippen molar-refractivity contribution in [3.63, 3.8) is 0 Å². The molecule has 2 atom stereocenters. The minimum Gasteiger partial charge on any atom is -0.487 e. The van der Waals surface area contributed by atoms with Crippen molar-refractivity contribution in [1.29, 1.82) is 0 Å². The maximum Gasteiger partial charge on any atom is 0.319 e. The van der Waals surface area contributed by atoms with Gasteiger partial charge in [-0.1, -0.05) is 12.1 Å². The summed E-state index contributed by atoms with van der Waals surface area (Å²) in [6, 6.07) is 12.0. The van der Waals surface area contributed by atoms with Gasteiger partial charge in [0.1, 0.15) is 12.4 Å². The lowest BCUT2D eigenvalue weighted by Gasteiger charge is -2.34. The van der Waals surface area contributed by atoms with Gasteiger partial charge in [0.15, 0.2) is 0 Å². The van der Waals surface area contributed by atoms with E-state index in [9.17, 15) is 13.2 Å². The second-order valence-electron chi connectivity index (χ2n) is 7.41. The van der Waals surface area contributed by atoms with E-state index in [1.165, 1.54) is 4.31 Å². The molecule has 1 aliphatic rings. The Balaban J connectivity index is 1.45. The van der Waals surface area contributed by atoms with Crippen LogP contribution in [-0.4, -0.2) is 61.3 Å². The van der Waals surface area contributed by atoms with E-state index >= 15 is 0 Å². The van der Waals surface area contributed by atoms with Gasteiger partial charge in [-0.25, -0.2) is 13.2 Å². The zero-order valence-corrected chi connectivity index (χ0v) is 18.5. The first-order valence-corrected chi connectivity index (χ1v) is 11.7. The standard InChI is InChI=1S/C21H28N4O5S/c1-16-13-25(14-17(2)30-16)31(27,28)11-10-23-21(26)24-18-7-5-8-20(12-18)29-15-19-6-3-4-9-22-19/h3-9,12,16-17H,10-11,13-15H2,1-2H3,(H2,23,24,26)/t16-,17-/m1/s1. The summed E-state index contributed by atoms with van der Waals surface area (Å²) in [4.78, 5) is 16.4. The predicted octanol–water partition coefficient (Wildman–Crippen LogP) is 2.22. The van der Waals surface area contributed by atoms with Crippen LogP contribution in [0, 0.1) is 0 Å². The molecule has 168 valence electrons. The third-order valence-corrected chi connectivity index (χ3v) is 6.43. The summed E-state index contributed by atoms with van der Waals surface area (Å²) >= 11 is 0. The molecule has 0 radical (unpaired) electrons. The number of carbonyl (C=O) groups is 1. The van der Waals surface area contributed by atoms with Gasteiger partial charge in [0.05, 0.1) is 23.7 Å². The molecule has 1 aromatic carbocycles. The first-order chi connectivity index (χ1) is 14.8. The summed E-state index contributed by atoms with van der Waals surface area (Å²) < 4.78 is 37.7. The molecule has 1 saturated heterocycles. The lowest BCUT2D eigenvalue weighted by molar-refractivity contribution is -0.0440. The number of urea groups is 1. The van der Waals surface area contributed by atoms with Crippen LogP contribution in [-0.2, 0) is 21.4 Å². The van der Waals surface area contributed by atoms with Gasteiger partial charge in [-0.05, 0) is 38.1 Å². The normalized spacial score (nSPS) is 19.5. The molecule has 9 nitrogen and oxygen atoms in total. The van der Waals surface area contributed by atoms with Crippen LogP contribution >= 0.6 is 0 Å². The van der Waals surface area contributed by atoms with Gasteiger partial charge in [0.2, 0.25) is 10.0 Å². The summed E-state index contributed by atoms with van der Waals surface area (Å²) in [7, 11) is -3.47. The number of aromatic nitrogens is 1. The van der Waals surface area contributed by atoms with Crippen LogP contribution in [0.2, 0.25) is 0 Å². The number of nitrogens with zero attached hydrogens (tertiary/aromatic N) is 2. The smallest absolute Gasteiger partial charge is 0.319 e. The van der Waals surface area contributed by atoms with Crippen molar-refractivity contribution in [1.82, 2.24) is 14.6 Å². The van der Waals surface area contributed by atoms with E-state index in [4.69, 9.17) is 9.47 Å². The van der Waals surface area contributed by atoms with E-state index in [0.29, 0.717) is 31.1 Å². The highest BCUT2D eigenvalue weighted by Crippen LogP contribution is 2.18. The zero-order chi connectivity index (χ0) is 22.3. The van der Waals surface area contributed by atoms with Crippen molar-refractivity contribution in [3.05, 3.63) is 54.4 Å². The molecule has 0 bridgehead atoms. The summed E-state index contributed by atoms with van der Waals surface area (Å²) in [6.07, 6.45) is 1.39. The Bertz CT molecular complexity index is 961. The Morgan fingerprint density at radius 2 is 1.97 bits per heavy atom. The van der Waals surface area contributed by atoms with Crippen LogP contribution in [0.25, 0.3) is 0 Å². The van der Waals surface area contributed by atoms with Gasteiger partial charge in [0, 0.05) is 37.6 Å². The summed E-state index contributed by atoms with van der Waals surface area (Å²) in [5.41, 5.74) is 1.33. The first-order valence-electron chi connectivity index (χ1n) is 10.1. The number of hydrogen-bond donors (Lipinski definition) is 2. The van der Waals surface area contributed by atoms with Crippen molar-refractivity contribution < 1.29 is 22.7 Å². The van der Waals surface area contributed by atoms with E-state index in [-0.39, 0.29) is 24.5 Å². The Morgan fingerprint density at radius 1 is 1.19 bits per heavy atom. The van der Waals surface area contributed by atoms with Crippen LogP contribution in [0.4, 0.5) is 10.5 Å². The number of hydrogen-bond acceptors (Lipinski definition) is 6. The number of nitrogens with one attached hydrogen (secondary N) is 2. The third-order valence-electron chi connectivity index (χ3n) is 4.63. The second-order valence-corrected chi connectivity index (χ2v) is 9.50. The Hall–Kier alpha value is -2.69. The molecule has 31 heavy (non-hydrogen) atoms. The number of pyridine rings is 1. The fourth-order valence-electron chi connectivity index (χ4n) is 3.26. The number of morpholine rings is 1. The van der Waals surface area contributed by atoms with Crippen molar-refractivity contribution >= 4 is 21.7 Å². The SMILES string of the molecule is C[C@@H]1CN(S(=O)(=O)CCNC(=O)Nc2cccc(OCc3ccccn3)c2)C[C@@H](C)O1. The van der Waals surface area contributed by atoms with E-state index in [1.807, 2.05) is 32.0 Å². The van der Waals surface area contributed by atoms with Gasteiger partial charge in [0.25, 0.3) is 0 Å². The Morgan fingerprint density at radius 3 is 2.68 bits per heavy atom. The maximum atomic E-state index is 12.5. The number of ether oxygens (including phenoxy) is 2. The summed E-state index contributed by atoms with van der Waals surface area (Å²) in [5, 5.41) is 5.27. The molecule has 10 heteroatoms. The quantitative estimate of drug-likeness (QED) is 0.641. The van der Waals surface area contributed by atoms with Crippen molar-refractivity contribution in [3.8, 4) is 5.75 Å². The second kappa shape index (κ2) is 10.6. The van der Waals surface area contributed by atoms with Crippen LogP contribution < -0.4 is 15.4 Å². The van der Waals surface area contributed by atoms with Gasteiger partial charge in [-0.2, -0.15) is 4.31 Å². The highest BCUT2D eigenvalue weighted by Gasteiger charge is 2.30. The molecule has 1 aromatic heterocycles. The number of amides is 2. The molecular weight excluding hydrogens is 420 g/mol. The van der Waals surface area contributed by atoms with E-state index in [1.54, 1.807) is 30.5 Å². The summed E-state index contributed by atoms with van der Waals surface area (Å²) in [5.74, 6) is 0.411. The lowest BCUT2D eigenvalue weighted by Crippen LogP contribution is -2.49. The molecule has 2 N–H and O–H groups in total. The monoisotopic (exact) mass is 448 g/mol. The van der Waals surface area contributed by atoms with Crippen molar-refractivity contribution in [2.75, 3.05) is 30.7 Å². The molecule has 1 aliphatic heterocycles. The van der Waals surface area contributed by atoms with Gasteiger partial charge >= 0.3 is 6.03 Å². The molecule has 1 fully saturated rings. The van der Waals surface area contributed by atoms with Crippen LogP contribution in [0.15, 0.2) is 48.7 Å². The van der Waals surface area contributed by atoms with Crippen LogP contribution in [0.3, 0.4) is 0 Å². The molecular formula is C21H28N4O5S. The first kappa shape index (κ1) is 23.0. The Labute approximate surface area is 182 Å². The predicted molar refractivity (Wildman–Crippen MR) is 117 cm³/mol. The zero-order valence-electron chi connectivity index (χ0n) is 17.7. The molecule has 0 spiro atoms. The fraction of sp³-hybridized carbons (Fsp3) is 0.429. The van der Waals surface area contributed by atoms with Crippen LogP contribution in [0.1, 0.15) is 19.5 Å². The largest absolute Gasteiger partial charge is 0.487 e. The van der Waals surface area contributed by atoms with E-state index < -0.39 is 16.1 Å². The highest BCUT2D eigenvalue weighted by atomic mass is 32.2. The van der Waals surface area contributed by atoms with E-state index in [2.05, 4.69) is 15.6 Å². The molecule has 2 amide bonds. The molecule has 3 rings (SSSR count). The molecule has 2 aromatic rings. The topological polar surface area (TPSA) is 110 Å². The average Bonchev–Trinajstić information content (AvgIpc) is 2.72. The highest BCUT2D eigenvalue weighted by molar-refractivity contribution is 7.89. The number of benzene rings is 1. The third kappa shape index (κ3) is 7.20. The van der Waals surface area contributed by atoms with Crippen molar-refractivity contribution in [2.24, 2.45) is 0 Å². The average molecular weight is 449 g/mol. The maximum absolute atomic E-state index is 12.5. The molecule has 2 heterocycles. The fourth-order valence-corrected chi connectivity index (χ4v) is 4.75. The van der Waals surface area contributed by atoms with Gasteiger partial charge < -0.3 is 20.1 Å². The van der Waals surface area contributed by atoms with E-state index in [0.717, 1.165) is 5.69 Å². The minimum absolute atomic E-state index is 0.00412. The number of sulfonamides is 1. The molecule has 0 unspecified atom stereocenters. The van der Waals surface area contributed by atoms with Crippen LogP contribution in [0.5, 0.6) is 5.75 Å². The molecule has 0 aliphatic carbocycles.